The molecule has 2 aromatic carbocycles. The Morgan fingerprint density at radius 2 is 1.55 bits per heavy atom. The zero-order valence-corrected chi connectivity index (χ0v) is 16.6. The highest BCUT2D eigenvalue weighted by atomic mass is 16.5. The molecule has 1 atom stereocenters. The molecule has 1 heterocycles. The number of ether oxygens (including phenoxy) is 2. The molecule has 0 saturated carbocycles. The summed E-state index contributed by atoms with van der Waals surface area (Å²) in [6, 6.07) is 20.0. The number of benzene rings is 2. The van der Waals surface area contributed by atoms with Gasteiger partial charge in [0.15, 0.2) is 0 Å². The molecule has 160 valence electrons. The van der Waals surface area contributed by atoms with Crippen LogP contribution >= 0.6 is 0 Å². The van der Waals surface area contributed by atoms with E-state index in [4.69, 9.17) is 9.47 Å². The summed E-state index contributed by atoms with van der Waals surface area (Å²) in [4.78, 5) is 35.9. The van der Waals surface area contributed by atoms with E-state index in [1.165, 1.54) is 16.8 Å². The maximum atomic E-state index is 12.4. The van der Waals surface area contributed by atoms with Crippen molar-refractivity contribution in [1.82, 2.24) is 9.88 Å². The van der Waals surface area contributed by atoms with Gasteiger partial charge in [0.2, 0.25) is 0 Å². The second-order valence-corrected chi connectivity index (χ2v) is 6.72. The summed E-state index contributed by atoms with van der Waals surface area (Å²) in [5.41, 5.74) is 1.28. The highest BCUT2D eigenvalue weighted by molar-refractivity contribution is 5.79. The molecule has 2 N–H and O–H groups in total. The molecular weight excluding hydrogens is 400 g/mol. The van der Waals surface area contributed by atoms with Gasteiger partial charge in [0.05, 0.1) is 6.54 Å². The van der Waals surface area contributed by atoms with Crippen LogP contribution in [0.15, 0.2) is 83.8 Å². The summed E-state index contributed by atoms with van der Waals surface area (Å²) in [6.07, 6.45) is 0.544. The number of carboxylic acids is 1. The number of nitrogens with one attached hydrogen (secondary N) is 1. The number of pyridine rings is 1. The fourth-order valence-corrected chi connectivity index (χ4v) is 2.76. The number of nitrogens with zero attached hydrogens (tertiary/aromatic N) is 1. The summed E-state index contributed by atoms with van der Waals surface area (Å²) >= 11 is 0. The van der Waals surface area contributed by atoms with Crippen molar-refractivity contribution in [3.05, 3.63) is 100 Å². The molecule has 1 aromatic heterocycles. The smallest absolute Gasteiger partial charge is 0.408 e. The van der Waals surface area contributed by atoms with E-state index in [1.54, 1.807) is 30.3 Å². The highest BCUT2D eigenvalue weighted by Gasteiger charge is 2.22. The van der Waals surface area contributed by atoms with Gasteiger partial charge in [-0.2, -0.15) is 0 Å². The standard InChI is InChI=1S/C23H22N2O6/c26-21-13-19(30-15-17-7-3-1-4-8-17)11-12-25(21)14-20(22(27)28)24-23(29)31-16-18-9-5-2-6-10-18/h1-13,20H,14-16H2,(H,24,29)(H,27,28)/t20-/m0/s1. The number of alkyl carbamates (subject to hydrolysis) is 1. The van der Waals surface area contributed by atoms with E-state index in [9.17, 15) is 19.5 Å². The molecule has 8 heteroatoms. The van der Waals surface area contributed by atoms with Crippen LogP contribution in [0.4, 0.5) is 4.79 Å². The van der Waals surface area contributed by atoms with Crippen molar-refractivity contribution in [3.63, 3.8) is 0 Å². The first kappa shape index (κ1) is 21.6. The first-order valence-electron chi connectivity index (χ1n) is 9.58. The van der Waals surface area contributed by atoms with Gasteiger partial charge in [-0.25, -0.2) is 9.59 Å². The lowest BCUT2D eigenvalue weighted by atomic mass is 10.2. The van der Waals surface area contributed by atoms with Gasteiger partial charge in [0, 0.05) is 12.3 Å². The van der Waals surface area contributed by atoms with Crippen molar-refractivity contribution in [2.75, 3.05) is 0 Å². The number of aliphatic carboxylic acids is 1. The molecule has 0 aliphatic heterocycles. The van der Waals surface area contributed by atoms with Gasteiger partial charge in [-0.1, -0.05) is 60.7 Å². The Morgan fingerprint density at radius 1 is 0.935 bits per heavy atom. The molecule has 0 saturated heterocycles. The molecule has 0 fully saturated rings. The van der Waals surface area contributed by atoms with Crippen molar-refractivity contribution in [3.8, 4) is 5.75 Å². The van der Waals surface area contributed by atoms with E-state index in [2.05, 4.69) is 5.32 Å². The number of hydrogen-bond acceptors (Lipinski definition) is 5. The Hall–Kier alpha value is -4.07. The monoisotopic (exact) mass is 422 g/mol. The molecular formula is C23H22N2O6. The topological polar surface area (TPSA) is 107 Å². The lowest BCUT2D eigenvalue weighted by Crippen LogP contribution is -2.45. The van der Waals surface area contributed by atoms with Gasteiger partial charge < -0.3 is 24.5 Å². The van der Waals surface area contributed by atoms with E-state index < -0.39 is 23.7 Å². The maximum Gasteiger partial charge on any atom is 0.408 e. The zero-order chi connectivity index (χ0) is 22.1. The first-order chi connectivity index (χ1) is 15.0. The predicted molar refractivity (Wildman–Crippen MR) is 113 cm³/mol. The third kappa shape index (κ3) is 6.74. The third-order valence-electron chi connectivity index (χ3n) is 4.40. The third-order valence-corrected chi connectivity index (χ3v) is 4.40. The van der Waals surface area contributed by atoms with Gasteiger partial charge in [0.1, 0.15) is 25.0 Å². The molecule has 1 amide bonds. The van der Waals surface area contributed by atoms with E-state index in [1.807, 2.05) is 36.4 Å². The van der Waals surface area contributed by atoms with Crippen LogP contribution in [0.5, 0.6) is 5.75 Å². The second-order valence-electron chi connectivity index (χ2n) is 6.72. The second kappa shape index (κ2) is 10.6. The average molecular weight is 422 g/mol. The van der Waals surface area contributed by atoms with Crippen molar-refractivity contribution >= 4 is 12.1 Å². The number of amides is 1. The molecule has 3 rings (SSSR count). The number of carbonyl (C=O) groups excluding carboxylic acids is 1. The minimum atomic E-state index is -1.34. The van der Waals surface area contributed by atoms with Crippen molar-refractivity contribution in [1.29, 1.82) is 0 Å². The first-order valence-corrected chi connectivity index (χ1v) is 9.58. The lowest BCUT2D eigenvalue weighted by Gasteiger charge is -2.16. The van der Waals surface area contributed by atoms with E-state index in [-0.39, 0.29) is 13.2 Å². The average Bonchev–Trinajstić information content (AvgIpc) is 2.78. The molecule has 3 aromatic rings. The van der Waals surface area contributed by atoms with Crippen molar-refractivity contribution < 1.29 is 24.2 Å². The fraction of sp³-hybridized carbons (Fsp3) is 0.174. The van der Waals surface area contributed by atoms with Crippen LogP contribution in [-0.2, 0) is 29.3 Å². The number of carboxylic acid groups (broad SMARTS) is 1. The Labute approximate surface area is 178 Å². The number of carbonyl (C=O) groups is 2. The minimum absolute atomic E-state index is 0.00636. The quantitative estimate of drug-likeness (QED) is 0.549. The molecule has 0 radical (unpaired) electrons. The summed E-state index contributed by atoms with van der Waals surface area (Å²) in [7, 11) is 0. The Bertz CT molecular complexity index is 1070. The summed E-state index contributed by atoms with van der Waals surface area (Å²) in [6.45, 7) is 0.0524. The van der Waals surface area contributed by atoms with Gasteiger partial charge >= 0.3 is 12.1 Å². The van der Waals surface area contributed by atoms with Crippen LogP contribution in [0.1, 0.15) is 11.1 Å². The van der Waals surface area contributed by atoms with Gasteiger partial charge in [-0.05, 0) is 17.2 Å². The van der Waals surface area contributed by atoms with Crippen LogP contribution in [-0.4, -0.2) is 27.8 Å². The number of rotatable bonds is 9. The number of hydrogen-bond donors (Lipinski definition) is 2. The van der Waals surface area contributed by atoms with Crippen molar-refractivity contribution in [2.45, 2.75) is 25.8 Å². The largest absolute Gasteiger partial charge is 0.489 e. The summed E-state index contributed by atoms with van der Waals surface area (Å²) < 4.78 is 11.8. The van der Waals surface area contributed by atoms with Crippen LogP contribution in [0, 0.1) is 0 Å². The Kier molecular flexibility index (Phi) is 7.42. The summed E-state index contributed by atoms with van der Waals surface area (Å²) in [5, 5.41) is 11.7. The van der Waals surface area contributed by atoms with E-state index in [0.717, 1.165) is 11.1 Å². The molecule has 0 aliphatic rings. The normalized spacial score (nSPS) is 11.4. The Morgan fingerprint density at radius 3 is 2.13 bits per heavy atom. The van der Waals surface area contributed by atoms with Crippen LogP contribution in [0.2, 0.25) is 0 Å². The molecule has 0 spiro atoms. The van der Waals surface area contributed by atoms with Gasteiger partial charge in [-0.15, -0.1) is 0 Å². The van der Waals surface area contributed by atoms with Gasteiger partial charge in [0.25, 0.3) is 5.56 Å². The maximum absolute atomic E-state index is 12.4. The molecule has 0 unspecified atom stereocenters. The molecule has 0 bridgehead atoms. The molecule has 0 aliphatic carbocycles. The predicted octanol–water partition coefficient (Wildman–Crippen LogP) is 2.81. The fourth-order valence-electron chi connectivity index (χ4n) is 2.76. The van der Waals surface area contributed by atoms with Gasteiger partial charge in [-0.3, -0.25) is 4.79 Å². The minimum Gasteiger partial charge on any atom is -0.489 e. The van der Waals surface area contributed by atoms with Crippen LogP contribution in [0.3, 0.4) is 0 Å². The summed E-state index contributed by atoms with van der Waals surface area (Å²) in [5.74, 6) is -0.917. The zero-order valence-electron chi connectivity index (χ0n) is 16.6. The highest BCUT2D eigenvalue weighted by Crippen LogP contribution is 2.10. The Balaban J connectivity index is 1.57. The molecule has 8 nitrogen and oxygen atoms in total. The number of aromatic nitrogens is 1. The van der Waals surface area contributed by atoms with Crippen molar-refractivity contribution in [2.24, 2.45) is 0 Å². The lowest BCUT2D eigenvalue weighted by molar-refractivity contribution is -0.139. The SMILES string of the molecule is O=C(N[C@@H](Cn1ccc(OCc2ccccc2)cc1=O)C(=O)O)OCc1ccccc1. The van der Waals surface area contributed by atoms with Crippen LogP contribution in [0.25, 0.3) is 0 Å². The molecule has 31 heavy (non-hydrogen) atoms. The van der Waals surface area contributed by atoms with E-state index >= 15 is 0 Å². The van der Waals surface area contributed by atoms with E-state index in [0.29, 0.717) is 12.4 Å². The van der Waals surface area contributed by atoms with Crippen LogP contribution < -0.4 is 15.6 Å².